The van der Waals surface area contributed by atoms with Crippen molar-refractivity contribution in [1.82, 2.24) is 20.1 Å². The number of aromatic nitrogens is 3. The highest BCUT2D eigenvalue weighted by atomic mass is 35.5. The summed E-state index contributed by atoms with van der Waals surface area (Å²) in [6.45, 7) is 8.15. The van der Waals surface area contributed by atoms with Crippen LogP contribution in [0.1, 0.15) is 46.4 Å². The van der Waals surface area contributed by atoms with E-state index in [0.717, 1.165) is 0 Å². The number of benzene rings is 2. The second-order valence-corrected chi connectivity index (χ2v) is 9.67. The maximum atomic E-state index is 12.9. The predicted molar refractivity (Wildman–Crippen MR) is 144 cm³/mol. The van der Waals surface area contributed by atoms with Crippen molar-refractivity contribution < 1.29 is 19.1 Å². The average Bonchev–Trinajstić information content (AvgIpc) is 3.28. The number of carbonyl (C=O) groups is 3. The van der Waals surface area contributed by atoms with Crippen LogP contribution in [0.3, 0.4) is 0 Å². The number of nitrogens with zero attached hydrogens (tertiary/aromatic N) is 3. The third kappa shape index (κ3) is 7.21. The summed E-state index contributed by atoms with van der Waals surface area (Å²) in [4.78, 5) is 37.0. The minimum absolute atomic E-state index is 0.00619. The minimum atomic E-state index is -0.451. The first kappa shape index (κ1) is 27.9. The number of halogens is 1. The summed E-state index contributed by atoms with van der Waals surface area (Å²) in [7, 11) is 1.31. The van der Waals surface area contributed by atoms with Gasteiger partial charge in [-0.25, -0.2) is 4.79 Å². The van der Waals surface area contributed by atoms with Crippen LogP contribution in [0.15, 0.2) is 66.3 Å². The molecule has 1 heterocycles. The van der Waals surface area contributed by atoms with Crippen molar-refractivity contribution in [3.8, 4) is 0 Å². The number of nitrogens with one attached hydrogen (secondary N) is 2. The fraction of sp³-hybridized carbons (Fsp3) is 0.269. The molecule has 3 aromatic rings. The fourth-order valence-electron chi connectivity index (χ4n) is 3.47. The lowest BCUT2D eigenvalue weighted by molar-refractivity contribution is -0.113. The van der Waals surface area contributed by atoms with Crippen molar-refractivity contribution in [3.63, 3.8) is 0 Å². The molecule has 2 N–H and O–H groups in total. The Kier molecular flexibility index (Phi) is 9.87. The first-order valence-electron chi connectivity index (χ1n) is 11.5. The van der Waals surface area contributed by atoms with Gasteiger partial charge in [0.1, 0.15) is 0 Å². The van der Waals surface area contributed by atoms with Gasteiger partial charge in [-0.3, -0.25) is 9.59 Å². The quantitative estimate of drug-likeness (QED) is 0.204. The molecule has 0 bridgehead atoms. The fourth-order valence-corrected chi connectivity index (χ4v) is 4.44. The van der Waals surface area contributed by atoms with Crippen molar-refractivity contribution in [2.75, 3.05) is 18.2 Å². The van der Waals surface area contributed by atoms with Crippen molar-refractivity contribution >= 4 is 46.8 Å². The van der Waals surface area contributed by atoms with Crippen LogP contribution in [-0.2, 0) is 16.1 Å². The van der Waals surface area contributed by atoms with Gasteiger partial charge in [-0.15, -0.1) is 16.8 Å². The number of thioether (sulfide) groups is 1. The standard InChI is InChI=1S/C26H28ClN5O4S/c1-5-14-32-23(22(16(2)3)29-24(34)19-8-6-7-9-20(19)27)30-31-26(32)37-15-21(33)28-18-12-10-17(11-13-18)25(35)36-4/h5-13,16,22H,1,14-15H2,2-4H3,(H,28,33)(H,29,34)/t22-/m0/s1. The van der Waals surface area contributed by atoms with Gasteiger partial charge in [0.05, 0.1) is 35.1 Å². The van der Waals surface area contributed by atoms with Gasteiger partial charge in [-0.05, 0) is 42.3 Å². The van der Waals surface area contributed by atoms with E-state index in [0.29, 0.717) is 39.4 Å². The Hall–Kier alpha value is -3.63. The van der Waals surface area contributed by atoms with E-state index in [1.807, 2.05) is 18.4 Å². The van der Waals surface area contributed by atoms with Crippen LogP contribution in [0.2, 0.25) is 5.02 Å². The van der Waals surface area contributed by atoms with E-state index in [4.69, 9.17) is 11.6 Å². The lowest BCUT2D eigenvalue weighted by Gasteiger charge is -2.23. The number of hydrogen-bond acceptors (Lipinski definition) is 7. The molecule has 0 aliphatic carbocycles. The average molecular weight is 542 g/mol. The first-order valence-corrected chi connectivity index (χ1v) is 12.8. The molecule has 0 unspecified atom stereocenters. The molecule has 0 aliphatic rings. The Labute approximate surface area is 224 Å². The summed E-state index contributed by atoms with van der Waals surface area (Å²) < 4.78 is 6.50. The van der Waals surface area contributed by atoms with E-state index in [-0.39, 0.29) is 23.5 Å². The predicted octanol–water partition coefficient (Wildman–Crippen LogP) is 4.76. The first-order chi connectivity index (χ1) is 17.7. The van der Waals surface area contributed by atoms with Crippen LogP contribution >= 0.6 is 23.4 Å². The summed E-state index contributed by atoms with van der Waals surface area (Å²) in [6.07, 6.45) is 1.70. The highest BCUT2D eigenvalue weighted by Crippen LogP contribution is 2.26. The highest BCUT2D eigenvalue weighted by Gasteiger charge is 2.27. The second kappa shape index (κ2) is 13.1. The number of methoxy groups -OCH3 is 1. The zero-order chi connectivity index (χ0) is 26.9. The molecule has 2 amide bonds. The Morgan fingerprint density at radius 2 is 1.84 bits per heavy atom. The maximum Gasteiger partial charge on any atom is 0.337 e. The van der Waals surface area contributed by atoms with Gasteiger partial charge >= 0.3 is 5.97 Å². The largest absolute Gasteiger partial charge is 0.465 e. The third-order valence-corrected chi connectivity index (χ3v) is 6.63. The topological polar surface area (TPSA) is 115 Å². The van der Waals surface area contributed by atoms with Gasteiger partial charge in [-0.1, -0.05) is 55.4 Å². The van der Waals surface area contributed by atoms with E-state index < -0.39 is 12.0 Å². The molecule has 37 heavy (non-hydrogen) atoms. The monoisotopic (exact) mass is 541 g/mol. The van der Waals surface area contributed by atoms with E-state index in [2.05, 4.69) is 32.1 Å². The number of ether oxygens (including phenoxy) is 1. The molecule has 0 spiro atoms. The van der Waals surface area contributed by atoms with Crippen LogP contribution in [0.25, 0.3) is 0 Å². The Morgan fingerprint density at radius 3 is 2.46 bits per heavy atom. The Morgan fingerprint density at radius 1 is 1.14 bits per heavy atom. The van der Waals surface area contributed by atoms with Crippen molar-refractivity contribution in [2.45, 2.75) is 31.6 Å². The molecule has 0 radical (unpaired) electrons. The summed E-state index contributed by atoms with van der Waals surface area (Å²) in [5.74, 6) is -0.396. The molecule has 0 aliphatic heterocycles. The molecular formula is C26H28ClN5O4S. The third-order valence-electron chi connectivity index (χ3n) is 5.33. The highest BCUT2D eigenvalue weighted by molar-refractivity contribution is 7.99. The number of carbonyl (C=O) groups excluding carboxylic acids is 3. The van der Waals surface area contributed by atoms with Crippen LogP contribution in [0.5, 0.6) is 0 Å². The van der Waals surface area contributed by atoms with E-state index in [1.54, 1.807) is 54.6 Å². The van der Waals surface area contributed by atoms with Crippen LogP contribution < -0.4 is 10.6 Å². The van der Waals surface area contributed by atoms with E-state index in [1.165, 1.54) is 18.9 Å². The smallest absolute Gasteiger partial charge is 0.337 e. The molecule has 2 aromatic carbocycles. The molecule has 9 nitrogen and oxygen atoms in total. The number of amides is 2. The van der Waals surface area contributed by atoms with Gasteiger partial charge < -0.3 is 19.9 Å². The van der Waals surface area contributed by atoms with Crippen molar-refractivity contribution in [3.05, 3.63) is 83.2 Å². The van der Waals surface area contributed by atoms with E-state index >= 15 is 0 Å². The van der Waals surface area contributed by atoms with Gasteiger partial charge in [0.2, 0.25) is 5.91 Å². The maximum absolute atomic E-state index is 12.9. The van der Waals surface area contributed by atoms with Crippen molar-refractivity contribution in [1.29, 1.82) is 0 Å². The Bertz CT molecular complexity index is 1280. The molecule has 0 saturated carbocycles. The Balaban J connectivity index is 1.72. The van der Waals surface area contributed by atoms with Crippen LogP contribution in [-0.4, -0.2) is 45.4 Å². The number of anilines is 1. The summed E-state index contributed by atoms with van der Waals surface area (Å²) in [6, 6.07) is 12.8. The minimum Gasteiger partial charge on any atom is -0.465 e. The number of rotatable bonds is 11. The van der Waals surface area contributed by atoms with Crippen LogP contribution in [0, 0.1) is 5.92 Å². The molecule has 0 saturated heterocycles. The number of esters is 1. The summed E-state index contributed by atoms with van der Waals surface area (Å²) >= 11 is 7.42. The lowest BCUT2D eigenvalue weighted by Crippen LogP contribution is -2.34. The molecular weight excluding hydrogens is 514 g/mol. The van der Waals surface area contributed by atoms with E-state index in [9.17, 15) is 14.4 Å². The summed E-state index contributed by atoms with van der Waals surface area (Å²) in [5.41, 5.74) is 1.31. The summed E-state index contributed by atoms with van der Waals surface area (Å²) in [5, 5.41) is 15.3. The molecule has 11 heteroatoms. The molecule has 1 atom stereocenters. The van der Waals surface area contributed by atoms with Gasteiger partial charge in [-0.2, -0.15) is 0 Å². The van der Waals surface area contributed by atoms with Gasteiger partial charge in [0, 0.05) is 12.2 Å². The zero-order valence-electron chi connectivity index (χ0n) is 20.7. The number of hydrogen-bond donors (Lipinski definition) is 2. The van der Waals surface area contributed by atoms with Gasteiger partial charge in [0.15, 0.2) is 11.0 Å². The number of allylic oxidation sites excluding steroid dienone is 1. The zero-order valence-corrected chi connectivity index (χ0v) is 22.3. The molecule has 194 valence electrons. The normalized spacial score (nSPS) is 11.6. The lowest BCUT2D eigenvalue weighted by atomic mass is 10.0. The molecule has 1 aromatic heterocycles. The van der Waals surface area contributed by atoms with Crippen molar-refractivity contribution in [2.24, 2.45) is 5.92 Å². The second-order valence-electron chi connectivity index (χ2n) is 8.32. The molecule has 3 rings (SSSR count). The SMILES string of the molecule is C=CCn1c(SCC(=O)Nc2ccc(C(=O)OC)cc2)nnc1[C@@H](NC(=O)c1ccccc1Cl)C(C)C. The van der Waals surface area contributed by atoms with Crippen LogP contribution in [0.4, 0.5) is 5.69 Å². The molecule has 0 fully saturated rings. The van der Waals surface area contributed by atoms with Gasteiger partial charge in [0.25, 0.3) is 5.91 Å².